The molecule has 0 radical (unpaired) electrons. The van der Waals surface area contributed by atoms with Gasteiger partial charge in [-0.3, -0.25) is 0 Å². The maximum absolute atomic E-state index is 10.5. The molecule has 0 unspecified atom stereocenters. The molecule has 0 amide bonds. The lowest BCUT2D eigenvalue weighted by Crippen LogP contribution is -2.37. The maximum atomic E-state index is 10.5. The first kappa shape index (κ1) is 31.5. The van der Waals surface area contributed by atoms with Crippen molar-refractivity contribution in [3.63, 3.8) is 0 Å². The second-order valence-corrected chi connectivity index (χ2v) is 11.2. The monoisotopic (exact) mass is 544 g/mol. The molecule has 0 atom stereocenters. The van der Waals surface area contributed by atoms with Crippen molar-refractivity contribution in [1.29, 1.82) is 0 Å². The third kappa shape index (κ3) is 9.86. The summed E-state index contributed by atoms with van der Waals surface area (Å²) in [5, 5.41) is 8.78. The van der Waals surface area contributed by atoms with Gasteiger partial charge in [-0.2, -0.15) is 13.2 Å². The Labute approximate surface area is 228 Å². The number of unbranched alkanes of at least 4 members (excludes halogenated alkanes) is 3. The number of aryl methyl sites for hydroxylation is 3. The summed E-state index contributed by atoms with van der Waals surface area (Å²) in [7, 11) is -0.0587. The van der Waals surface area contributed by atoms with Crippen LogP contribution in [-0.2, 0) is 35.0 Å². The Balaban J connectivity index is 0.000000638. The van der Waals surface area contributed by atoms with Crippen molar-refractivity contribution in [2.75, 3.05) is 0 Å². The summed E-state index contributed by atoms with van der Waals surface area (Å²) in [6.45, 7) is 6.92. The molecule has 3 aromatic rings. The fourth-order valence-electron chi connectivity index (χ4n) is 4.20. The lowest BCUT2D eigenvalue weighted by atomic mass is 9.96. The van der Waals surface area contributed by atoms with E-state index in [1.54, 1.807) is 21.6 Å². The molecule has 0 aliphatic heterocycles. The highest BCUT2D eigenvalue weighted by Gasteiger charge is 2.34. The van der Waals surface area contributed by atoms with Crippen molar-refractivity contribution in [3.05, 3.63) is 89.5 Å². The highest BCUT2D eigenvalue weighted by molar-refractivity contribution is 7.97. The largest absolute Gasteiger partial charge is 0.542 e. The van der Waals surface area contributed by atoms with Gasteiger partial charge in [-0.1, -0.05) is 88.6 Å². The molecule has 0 saturated carbocycles. The minimum Gasteiger partial charge on any atom is -0.542 e. The number of hydrogen-bond acceptors (Lipinski definition) is 2. The fraction of sp³-hybridized carbons (Fsp3) is 0.406. The van der Waals surface area contributed by atoms with Crippen molar-refractivity contribution in [2.45, 2.75) is 99.4 Å². The molecule has 3 aromatic carbocycles. The molecule has 38 heavy (non-hydrogen) atoms. The lowest BCUT2D eigenvalue weighted by molar-refractivity contribution is -0.344. The van der Waals surface area contributed by atoms with E-state index in [2.05, 4.69) is 93.6 Å². The molecule has 0 bridgehead atoms. The summed E-state index contributed by atoms with van der Waals surface area (Å²) in [5.41, 5.74) is 4.74. The average molecular weight is 545 g/mol. The van der Waals surface area contributed by atoms with Crippen LogP contribution in [-0.4, -0.2) is 12.1 Å². The number of benzene rings is 3. The molecule has 0 heterocycles. The molecule has 0 spiro atoms. The van der Waals surface area contributed by atoms with Gasteiger partial charge in [-0.05, 0) is 68.4 Å². The normalized spacial score (nSPS) is 11.2. The number of hydrogen-bond donors (Lipinski definition) is 0. The van der Waals surface area contributed by atoms with Crippen molar-refractivity contribution in [2.24, 2.45) is 0 Å². The van der Waals surface area contributed by atoms with Crippen molar-refractivity contribution in [1.82, 2.24) is 0 Å². The highest BCUT2D eigenvalue weighted by atomic mass is 32.2. The van der Waals surface area contributed by atoms with Crippen LogP contribution in [0.3, 0.4) is 0 Å². The minimum atomic E-state index is -5.19. The molecule has 2 nitrogen and oxygen atoms in total. The third-order valence-electron chi connectivity index (χ3n) is 6.11. The smallest absolute Gasteiger partial charge is 0.430 e. The molecule has 0 fully saturated rings. The van der Waals surface area contributed by atoms with E-state index in [1.165, 1.54) is 67.6 Å². The second-order valence-electron chi connectivity index (χ2n) is 9.27. The number of aliphatic carboxylic acids is 1. The van der Waals surface area contributed by atoms with Crippen LogP contribution >= 0.6 is 0 Å². The number of halogens is 3. The van der Waals surface area contributed by atoms with E-state index in [0.29, 0.717) is 0 Å². The zero-order chi connectivity index (χ0) is 28.0. The van der Waals surface area contributed by atoms with E-state index in [-0.39, 0.29) is 10.9 Å². The minimum absolute atomic E-state index is 0.0587. The topological polar surface area (TPSA) is 40.1 Å². The number of carbonyl (C=O) groups is 1. The zero-order valence-electron chi connectivity index (χ0n) is 22.7. The van der Waals surface area contributed by atoms with Crippen LogP contribution in [0.15, 0.2) is 87.5 Å². The third-order valence-corrected chi connectivity index (χ3v) is 8.53. The van der Waals surface area contributed by atoms with E-state index in [9.17, 15) is 13.2 Å². The summed E-state index contributed by atoms with van der Waals surface area (Å²) < 4.78 is 31.5. The van der Waals surface area contributed by atoms with Gasteiger partial charge in [-0.15, -0.1) is 0 Å². The summed E-state index contributed by atoms with van der Waals surface area (Å²) in [6, 6.07) is 27.5. The van der Waals surface area contributed by atoms with E-state index in [1.807, 2.05) is 0 Å². The first-order chi connectivity index (χ1) is 18.2. The van der Waals surface area contributed by atoms with Gasteiger partial charge in [0.2, 0.25) is 0 Å². The van der Waals surface area contributed by atoms with Crippen LogP contribution < -0.4 is 5.11 Å². The van der Waals surface area contributed by atoms with Gasteiger partial charge in [0.05, 0.1) is 10.9 Å². The van der Waals surface area contributed by atoms with Gasteiger partial charge in [-0.25, -0.2) is 0 Å². The van der Waals surface area contributed by atoms with Crippen molar-refractivity contribution >= 4 is 16.9 Å². The lowest BCUT2D eigenvalue weighted by Gasteiger charge is -2.18. The molecule has 0 aromatic heterocycles. The first-order valence-electron chi connectivity index (χ1n) is 13.5. The van der Waals surface area contributed by atoms with Gasteiger partial charge < -0.3 is 9.90 Å². The van der Waals surface area contributed by atoms with Crippen LogP contribution in [0, 0.1) is 0 Å². The first-order valence-corrected chi connectivity index (χ1v) is 14.7. The Kier molecular flexibility index (Phi) is 13.5. The van der Waals surface area contributed by atoms with Gasteiger partial charge >= 0.3 is 6.18 Å². The second kappa shape index (κ2) is 16.3. The van der Waals surface area contributed by atoms with E-state index >= 15 is 0 Å². The number of carboxylic acids is 1. The van der Waals surface area contributed by atoms with E-state index < -0.39 is 12.1 Å². The number of rotatable bonds is 12. The zero-order valence-corrected chi connectivity index (χ0v) is 23.5. The Morgan fingerprint density at radius 3 is 1.42 bits per heavy atom. The Morgan fingerprint density at radius 1 is 0.711 bits per heavy atom. The van der Waals surface area contributed by atoms with Crippen LogP contribution in [0.5, 0.6) is 0 Å². The fourth-order valence-corrected chi connectivity index (χ4v) is 6.65. The molecule has 206 valence electrons. The van der Waals surface area contributed by atoms with Crippen molar-refractivity contribution < 1.29 is 23.1 Å². The summed E-state index contributed by atoms with van der Waals surface area (Å²) in [4.78, 5) is 13.3. The standard InChI is InChI=1S/C30H39S.C2HF3O2/c1-4-7-16-25-23-26(17-8-5-2)30(27(24-25)18-9-6-3)31(28-19-12-10-13-20-28)29-21-14-11-15-22-29;3-2(4,5)1(6)7/h10-15,19-24H,4-9,16-18H2,1-3H3;(H,6,7)/q+1;/p-1. The molecule has 3 rings (SSSR count). The summed E-state index contributed by atoms with van der Waals surface area (Å²) in [5.74, 6) is -3.01. The van der Waals surface area contributed by atoms with Crippen LogP contribution in [0.2, 0.25) is 0 Å². The number of carboxylic acid groups (broad SMARTS) is 1. The maximum Gasteiger partial charge on any atom is 0.430 e. The SMILES string of the molecule is CCCCc1cc(CCCC)c([S+](c2ccccc2)c2ccccc2)c(CCCC)c1.O=C([O-])C(F)(F)F. The molecular weight excluding hydrogens is 505 g/mol. The van der Waals surface area contributed by atoms with Gasteiger partial charge in [0.15, 0.2) is 14.7 Å². The highest BCUT2D eigenvalue weighted by Crippen LogP contribution is 2.37. The van der Waals surface area contributed by atoms with Gasteiger partial charge in [0.25, 0.3) is 0 Å². The number of alkyl halides is 3. The molecule has 0 aliphatic rings. The van der Waals surface area contributed by atoms with Crippen LogP contribution in [0.4, 0.5) is 13.2 Å². The summed E-state index contributed by atoms with van der Waals surface area (Å²) in [6.07, 6.45) is 5.94. The molecule has 6 heteroatoms. The Bertz CT molecular complexity index is 1030. The van der Waals surface area contributed by atoms with Crippen LogP contribution in [0.25, 0.3) is 0 Å². The Morgan fingerprint density at radius 2 is 1.08 bits per heavy atom. The molecule has 0 saturated heterocycles. The van der Waals surface area contributed by atoms with E-state index in [0.717, 1.165) is 0 Å². The van der Waals surface area contributed by atoms with Gasteiger partial charge in [0.1, 0.15) is 5.97 Å². The quantitative estimate of drug-likeness (QED) is 0.216. The predicted molar refractivity (Wildman–Crippen MR) is 148 cm³/mol. The summed E-state index contributed by atoms with van der Waals surface area (Å²) >= 11 is 0. The molecular formula is C32H39F3O2S. The molecule has 0 aliphatic carbocycles. The van der Waals surface area contributed by atoms with Gasteiger partial charge in [0, 0.05) is 11.1 Å². The van der Waals surface area contributed by atoms with Crippen LogP contribution in [0.1, 0.15) is 76.0 Å². The average Bonchev–Trinajstić information content (AvgIpc) is 2.91. The number of carbonyl (C=O) groups excluding carboxylic acids is 1. The Hall–Kier alpha value is -2.73. The van der Waals surface area contributed by atoms with E-state index in [4.69, 9.17) is 9.90 Å². The predicted octanol–water partition coefficient (Wildman–Crippen LogP) is 8.11. The molecule has 0 N–H and O–H groups in total. The van der Waals surface area contributed by atoms with Crippen molar-refractivity contribution in [3.8, 4) is 0 Å².